The lowest BCUT2D eigenvalue weighted by Gasteiger charge is -2.23. The summed E-state index contributed by atoms with van der Waals surface area (Å²) in [4.78, 5) is 0. The van der Waals surface area contributed by atoms with Crippen molar-refractivity contribution in [1.29, 1.82) is 5.26 Å². The predicted molar refractivity (Wildman–Crippen MR) is 75.1 cm³/mol. The van der Waals surface area contributed by atoms with E-state index in [1.165, 1.54) is 0 Å². The first kappa shape index (κ1) is 15.4. The Labute approximate surface area is 114 Å². The molecule has 0 unspecified atom stereocenters. The standard InChI is InChI=1S/C14H23N3O2/c1-10(2)17-11(9-15)8-12(16)13(17)19-7-6-14(3,4)18-5/h8,10H,6-7,16H2,1-5H3. The Kier molecular flexibility index (Phi) is 4.84. The van der Waals surface area contributed by atoms with Gasteiger partial charge in [0.2, 0.25) is 5.88 Å². The Morgan fingerprint density at radius 1 is 1.47 bits per heavy atom. The summed E-state index contributed by atoms with van der Waals surface area (Å²) in [6.45, 7) is 8.48. The van der Waals surface area contributed by atoms with Gasteiger partial charge in [0.05, 0.1) is 17.9 Å². The minimum atomic E-state index is -0.234. The number of hydrogen-bond acceptors (Lipinski definition) is 4. The second kappa shape index (κ2) is 5.98. The van der Waals surface area contributed by atoms with Crippen molar-refractivity contribution in [3.05, 3.63) is 11.8 Å². The van der Waals surface area contributed by atoms with Gasteiger partial charge < -0.3 is 15.2 Å². The highest BCUT2D eigenvalue weighted by Gasteiger charge is 2.20. The Bertz CT molecular complexity index is 470. The molecule has 1 aromatic heterocycles. The predicted octanol–water partition coefficient (Wildman–Crippen LogP) is 2.72. The smallest absolute Gasteiger partial charge is 0.218 e. The fourth-order valence-electron chi connectivity index (χ4n) is 1.77. The van der Waals surface area contributed by atoms with Crippen molar-refractivity contribution >= 4 is 5.69 Å². The van der Waals surface area contributed by atoms with E-state index in [9.17, 15) is 0 Å². The summed E-state index contributed by atoms with van der Waals surface area (Å²) in [6, 6.07) is 3.91. The van der Waals surface area contributed by atoms with Gasteiger partial charge in [0, 0.05) is 25.6 Å². The van der Waals surface area contributed by atoms with E-state index in [0.29, 0.717) is 23.9 Å². The van der Waals surface area contributed by atoms with E-state index in [1.54, 1.807) is 13.2 Å². The fourth-order valence-corrected chi connectivity index (χ4v) is 1.77. The fraction of sp³-hybridized carbons (Fsp3) is 0.643. The van der Waals surface area contributed by atoms with Crippen LogP contribution in [0.15, 0.2) is 6.07 Å². The highest BCUT2D eigenvalue weighted by atomic mass is 16.5. The van der Waals surface area contributed by atoms with Gasteiger partial charge in [-0.05, 0) is 27.7 Å². The lowest BCUT2D eigenvalue weighted by molar-refractivity contribution is 0.00476. The number of anilines is 1. The van der Waals surface area contributed by atoms with E-state index in [4.69, 9.17) is 20.5 Å². The molecule has 2 N–H and O–H groups in total. The van der Waals surface area contributed by atoms with Crippen LogP contribution in [0.25, 0.3) is 0 Å². The lowest BCUT2D eigenvalue weighted by atomic mass is 10.1. The van der Waals surface area contributed by atoms with Crippen LogP contribution in [-0.4, -0.2) is 23.9 Å². The molecule has 0 saturated heterocycles. The van der Waals surface area contributed by atoms with Gasteiger partial charge in [0.25, 0.3) is 0 Å². The van der Waals surface area contributed by atoms with Crippen molar-refractivity contribution in [2.75, 3.05) is 19.5 Å². The number of nitrogen functional groups attached to an aromatic ring is 1. The molecule has 0 aliphatic carbocycles. The molecule has 19 heavy (non-hydrogen) atoms. The average molecular weight is 265 g/mol. The number of nitrogens with zero attached hydrogens (tertiary/aromatic N) is 2. The molecule has 0 fully saturated rings. The number of rotatable bonds is 6. The van der Waals surface area contributed by atoms with Crippen molar-refractivity contribution in [2.45, 2.75) is 45.8 Å². The molecular formula is C14H23N3O2. The van der Waals surface area contributed by atoms with Crippen LogP contribution >= 0.6 is 0 Å². The van der Waals surface area contributed by atoms with Crippen LogP contribution in [0.1, 0.15) is 45.9 Å². The Balaban J connectivity index is 2.84. The second-order valence-electron chi connectivity index (χ2n) is 5.43. The van der Waals surface area contributed by atoms with Gasteiger partial charge >= 0.3 is 0 Å². The van der Waals surface area contributed by atoms with E-state index in [1.807, 2.05) is 32.3 Å². The molecule has 0 aliphatic heterocycles. The van der Waals surface area contributed by atoms with Crippen molar-refractivity contribution in [3.63, 3.8) is 0 Å². The van der Waals surface area contributed by atoms with Crippen LogP contribution in [0.2, 0.25) is 0 Å². The maximum absolute atomic E-state index is 9.10. The van der Waals surface area contributed by atoms with Crippen LogP contribution in [-0.2, 0) is 4.74 Å². The summed E-state index contributed by atoms with van der Waals surface area (Å²) in [6.07, 6.45) is 0.744. The lowest BCUT2D eigenvalue weighted by Crippen LogP contribution is -2.25. The average Bonchev–Trinajstić information content (AvgIpc) is 2.66. The van der Waals surface area contributed by atoms with E-state index < -0.39 is 0 Å². The van der Waals surface area contributed by atoms with Crippen molar-refractivity contribution in [2.24, 2.45) is 0 Å². The second-order valence-corrected chi connectivity index (χ2v) is 5.43. The molecule has 1 aromatic rings. The molecule has 1 rings (SSSR count). The van der Waals surface area contributed by atoms with E-state index in [-0.39, 0.29) is 11.6 Å². The zero-order chi connectivity index (χ0) is 14.6. The first-order chi connectivity index (χ1) is 8.82. The van der Waals surface area contributed by atoms with Gasteiger partial charge in [-0.1, -0.05) is 0 Å². The molecule has 5 nitrogen and oxygen atoms in total. The van der Waals surface area contributed by atoms with Crippen molar-refractivity contribution in [3.8, 4) is 11.9 Å². The third kappa shape index (κ3) is 3.65. The Morgan fingerprint density at radius 3 is 2.58 bits per heavy atom. The van der Waals surface area contributed by atoms with Crippen molar-refractivity contribution < 1.29 is 9.47 Å². The minimum Gasteiger partial charge on any atom is -0.477 e. The highest BCUT2D eigenvalue weighted by molar-refractivity contribution is 5.55. The summed E-state index contributed by atoms with van der Waals surface area (Å²) < 4.78 is 12.9. The van der Waals surface area contributed by atoms with E-state index in [2.05, 4.69) is 6.07 Å². The summed E-state index contributed by atoms with van der Waals surface area (Å²) in [5.74, 6) is 0.568. The summed E-state index contributed by atoms with van der Waals surface area (Å²) in [5, 5.41) is 9.10. The molecule has 0 spiro atoms. The Morgan fingerprint density at radius 2 is 2.11 bits per heavy atom. The molecule has 0 aromatic carbocycles. The van der Waals surface area contributed by atoms with Gasteiger partial charge in [-0.3, -0.25) is 4.57 Å². The number of ether oxygens (including phenoxy) is 2. The monoisotopic (exact) mass is 265 g/mol. The molecule has 0 bridgehead atoms. The maximum Gasteiger partial charge on any atom is 0.218 e. The van der Waals surface area contributed by atoms with Crippen LogP contribution in [0.4, 0.5) is 5.69 Å². The normalized spacial score (nSPS) is 11.6. The number of nitriles is 1. The van der Waals surface area contributed by atoms with E-state index >= 15 is 0 Å². The SMILES string of the molecule is COC(C)(C)CCOc1c(N)cc(C#N)n1C(C)C. The topological polar surface area (TPSA) is 73.2 Å². The summed E-state index contributed by atoms with van der Waals surface area (Å²) >= 11 is 0. The number of methoxy groups -OCH3 is 1. The van der Waals surface area contributed by atoms with Crippen LogP contribution in [0.3, 0.4) is 0 Å². The zero-order valence-electron chi connectivity index (χ0n) is 12.4. The number of hydrogen-bond donors (Lipinski definition) is 1. The summed E-state index contributed by atoms with van der Waals surface area (Å²) in [7, 11) is 1.68. The Hall–Kier alpha value is -1.67. The molecule has 1 heterocycles. The van der Waals surface area contributed by atoms with Crippen LogP contribution in [0, 0.1) is 11.3 Å². The molecule has 0 aliphatic rings. The molecule has 5 heteroatoms. The zero-order valence-corrected chi connectivity index (χ0v) is 12.4. The molecule has 0 atom stereocenters. The number of aromatic nitrogens is 1. The highest BCUT2D eigenvalue weighted by Crippen LogP contribution is 2.30. The van der Waals surface area contributed by atoms with Crippen molar-refractivity contribution in [1.82, 2.24) is 4.57 Å². The minimum absolute atomic E-state index is 0.123. The summed E-state index contributed by atoms with van der Waals surface area (Å²) in [5.41, 5.74) is 6.70. The molecule has 0 amide bonds. The number of nitrogens with two attached hydrogens (primary N) is 1. The van der Waals surface area contributed by atoms with Gasteiger partial charge in [0.1, 0.15) is 11.8 Å². The van der Waals surface area contributed by atoms with Crippen LogP contribution < -0.4 is 10.5 Å². The third-order valence-electron chi connectivity index (χ3n) is 3.14. The molecule has 0 radical (unpaired) electrons. The third-order valence-corrected chi connectivity index (χ3v) is 3.14. The molecule has 106 valence electrons. The first-order valence-electron chi connectivity index (χ1n) is 6.41. The molecule has 0 saturated carbocycles. The van der Waals surface area contributed by atoms with Crippen LogP contribution in [0.5, 0.6) is 5.88 Å². The quantitative estimate of drug-likeness (QED) is 0.858. The van der Waals surface area contributed by atoms with Gasteiger partial charge in [0.15, 0.2) is 0 Å². The van der Waals surface area contributed by atoms with Gasteiger partial charge in [-0.15, -0.1) is 0 Å². The first-order valence-corrected chi connectivity index (χ1v) is 6.41. The molecular weight excluding hydrogens is 242 g/mol. The van der Waals surface area contributed by atoms with E-state index in [0.717, 1.165) is 6.42 Å². The van der Waals surface area contributed by atoms with Gasteiger partial charge in [-0.2, -0.15) is 5.26 Å². The van der Waals surface area contributed by atoms with Gasteiger partial charge in [-0.25, -0.2) is 0 Å². The largest absolute Gasteiger partial charge is 0.477 e. The maximum atomic E-state index is 9.10.